The van der Waals surface area contributed by atoms with Crippen molar-refractivity contribution in [2.24, 2.45) is 11.8 Å². The summed E-state index contributed by atoms with van der Waals surface area (Å²) >= 11 is 6.08. The van der Waals surface area contributed by atoms with E-state index in [4.69, 9.17) is 11.6 Å². The third-order valence-electron chi connectivity index (χ3n) is 6.35. The van der Waals surface area contributed by atoms with Crippen LogP contribution in [0.1, 0.15) is 33.1 Å². The van der Waals surface area contributed by atoms with Gasteiger partial charge in [-0.05, 0) is 30.4 Å². The van der Waals surface area contributed by atoms with Gasteiger partial charge >= 0.3 is 0 Å². The second-order valence-electron chi connectivity index (χ2n) is 8.20. The van der Waals surface area contributed by atoms with E-state index in [0.717, 1.165) is 11.3 Å². The van der Waals surface area contributed by atoms with Crippen LogP contribution in [-0.2, 0) is 14.8 Å². The molecular weight excluding hydrogens is 398 g/mol. The molecule has 0 aromatic heterocycles. The predicted octanol–water partition coefficient (Wildman–Crippen LogP) is 1.17. The number of carbonyl (C=O) groups excluding carboxylic acids is 1. The van der Waals surface area contributed by atoms with Crippen molar-refractivity contribution in [3.8, 4) is 0 Å². The molecule has 3 rings (SSSR count). The number of nitrogens with zero attached hydrogens (tertiary/aromatic N) is 1. The zero-order chi connectivity index (χ0) is 20.3. The molecule has 1 aliphatic heterocycles. The van der Waals surface area contributed by atoms with E-state index < -0.39 is 10.0 Å². The molecule has 0 unspecified atom stereocenters. The number of carbonyl (C=O) groups is 1. The van der Waals surface area contributed by atoms with Gasteiger partial charge in [0.2, 0.25) is 10.0 Å². The fourth-order valence-corrected chi connectivity index (χ4v) is 6.22. The number of nitrogens with one attached hydrogen (secondary N) is 2. The maximum Gasteiger partial charge on any atom is 0.275 e. The molecule has 1 aliphatic carbocycles. The topological polar surface area (TPSA) is 70.9 Å². The van der Waals surface area contributed by atoms with E-state index in [0.29, 0.717) is 44.6 Å². The summed E-state index contributed by atoms with van der Waals surface area (Å²) in [4.78, 5) is 13.8. The number of rotatable bonds is 5. The quantitative estimate of drug-likeness (QED) is 0.739. The van der Waals surface area contributed by atoms with E-state index in [1.54, 1.807) is 18.2 Å². The molecule has 0 radical (unpaired) electrons. The van der Waals surface area contributed by atoms with Crippen LogP contribution in [0, 0.1) is 11.8 Å². The summed E-state index contributed by atoms with van der Waals surface area (Å²) in [6.45, 7) is 6.91. The maximum atomic E-state index is 12.8. The second-order valence-corrected chi connectivity index (χ2v) is 10.5. The highest BCUT2D eigenvalue weighted by Crippen LogP contribution is 2.29. The standard InChI is InChI=1S/C20H30ClN3O3S/c1-15-6-5-8-18(16(15)2)22-20(25)14-23-10-12-24(13-11-23)28(26,27)19-9-4-3-7-17(19)21/h3-4,7,9,15-16,18H,5-6,8,10-14H2,1-2H3,(H,22,25)/p+1/t15-,16+,18-/m0/s1. The van der Waals surface area contributed by atoms with Gasteiger partial charge in [0.25, 0.3) is 5.91 Å². The van der Waals surface area contributed by atoms with Crippen LogP contribution in [0.25, 0.3) is 0 Å². The molecular formula is C20H31ClN3O3S+. The minimum absolute atomic E-state index is 0.0726. The number of benzene rings is 1. The fourth-order valence-electron chi connectivity index (χ4n) is 4.28. The molecule has 1 amide bonds. The Kier molecular flexibility index (Phi) is 7.02. The Hall–Kier alpha value is -1.15. The number of amides is 1. The monoisotopic (exact) mass is 428 g/mol. The molecule has 1 saturated carbocycles. The Bertz CT molecular complexity index is 794. The fraction of sp³-hybridized carbons (Fsp3) is 0.650. The Balaban J connectivity index is 1.51. The molecule has 2 fully saturated rings. The molecule has 8 heteroatoms. The Morgan fingerprint density at radius 3 is 2.57 bits per heavy atom. The van der Waals surface area contributed by atoms with Gasteiger partial charge in [-0.1, -0.05) is 50.4 Å². The zero-order valence-corrected chi connectivity index (χ0v) is 18.2. The Morgan fingerprint density at radius 1 is 1.21 bits per heavy atom. The zero-order valence-electron chi connectivity index (χ0n) is 16.7. The molecule has 1 aromatic rings. The molecule has 1 aromatic carbocycles. The average Bonchev–Trinajstić information content (AvgIpc) is 2.66. The van der Waals surface area contributed by atoms with Crippen molar-refractivity contribution in [3.63, 3.8) is 0 Å². The molecule has 6 nitrogen and oxygen atoms in total. The first kappa shape index (κ1) is 21.6. The summed E-state index contributed by atoms with van der Waals surface area (Å²) in [6, 6.07) is 6.79. The molecule has 2 aliphatic rings. The van der Waals surface area contributed by atoms with Crippen LogP contribution >= 0.6 is 11.6 Å². The van der Waals surface area contributed by atoms with Crippen LogP contribution in [0.4, 0.5) is 0 Å². The number of halogens is 1. The smallest absolute Gasteiger partial charge is 0.275 e. The number of hydrogen-bond acceptors (Lipinski definition) is 3. The summed E-state index contributed by atoms with van der Waals surface area (Å²) in [5.41, 5.74) is 0. The van der Waals surface area contributed by atoms with Gasteiger partial charge in [-0.2, -0.15) is 4.31 Å². The summed E-state index contributed by atoms with van der Waals surface area (Å²) in [5, 5.41) is 3.46. The van der Waals surface area contributed by atoms with E-state index in [2.05, 4.69) is 19.2 Å². The number of quaternary nitrogens is 1. The predicted molar refractivity (Wildman–Crippen MR) is 110 cm³/mol. The molecule has 156 valence electrons. The van der Waals surface area contributed by atoms with Crippen molar-refractivity contribution >= 4 is 27.5 Å². The highest BCUT2D eigenvalue weighted by Gasteiger charge is 2.33. The third kappa shape index (κ3) is 4.87. The largest absolute Gasteiger partial charge is 0.348 e. The molecule has 1 saturated heterocycles. The van der Waals surface area contributed by atoms with E-state index >= 15 is 0 Å². The lowest BCUT2D eigenvalue weighted by atomic mass is 9.78. The van der Waals surface area contributed by atoms with Gasteiger partial charge in [0.15, 0.2) is 6.54 Å². The van der Waals surface area contributed by atoms with Gasteiger partial charge in [-0.3, -0.25) is 4.79 Å². The molecule has 3 atom stereocenters. The van der Waals surface area contributed by atoms with Crippen LogP contribution in [0.2, 0.25) is 5.02 Å². The average molecular weight is 429 g/mol. The molecule has 0 bridgehead atoms. The Morgan fingerprint density at radius 2 is 1.89 bits per heavy atom. The normalized spacial score (nSPS) is 27.5. The van der Waals surface area contributed by atoms with Gasteiger partial charge in [-0.15, -0.1) is 0 Å². The molecule has 0 spiro atoms. The van der Waals surface area contributed by atoms with Crippen LogP contribution in [0.5, 0.6) is 0 Å². The lowest BCUT2D eigenvalue weighted by Crippen LogP contribution is -3.15. The van der Waals surface area contributed by atoms with Crippen LogP contribution in [0.15, 0.2) is 29.2 Å². The summed E-state index contributed by atoms with van der Waals surface area (Å²) < 4.78 is 27.1. The number of piperazine rings is 1. The van der Waals surface area contributed by atoms with Gasteiger partial charge in [-0.25, -0.2) is 8.42 Å². The van der Waals surface area contributed by atoms with E-state index in [-0.39, 0.29) is 21.9 Å². The van der Waals surface area contributed by atoms with Gasteiger partial charge in [0.05, 0.1) is 31.2 Å². The van der Waals surface area contributed by atoms with Gasteiger partial charge in [0, 0.05) is 6.04 Å². The van der Waals surface area contributed by atoms with Crippen LogP contribution in [0.3, 0.4) is 0 Å². The summed E-state index contributed by atoms with van der Waals surface area (Å²) in [6.07, 6.45) is 3.46. The second kappa shape index (κ2) is 9.11. The van der Waals surface area contributed by atoms with E-state index in [1.165, 1.54) is 23.2 Å². The van der Waals surface area contributed by atoms with E-state index in [1.807, 2.05) is 0 Å². The molecule has 2 N–H and O–H groups in total. The lowest BCUT2D eigenvalue weighted by molar-refractivity contribution is -0.895. The van der Waals surface area contributed by atoms with Gasteiger partial charge in [0.1, 0.15) is 4.90 Å². The maximum absolute atomic E-state index is 12.8. The van der Waals surface area contributed by atoms with Crippen LogP contribution in [-0.4, -0.2) is 57.4 Å². The first-order valence-electron chi connectivity index (χ1n) is 10.2. The van der Waals surface area contributed by atoms with Gasteiger partial charge < -0.3 is 10.2 Å². The van der Waals surface area contributed by atoms with Crippen LogP contribution < -0.4 is 10.2 Å². The summed E-state index contributed by atoms with van der Waals surface area (Å²) in [5.74, 6) is 1.22. The minimum atomic E-state index is -3.59. The van der Waals surface area contributed by atoms with Crippen molar-refractivity contribution in [3.05, 3.63) is 29.3 Å². The van der Waals surface area contributed by atoms with Crippen molar-refractivity contribution in [2.45, 2.75) is 44.0 Å². The Labute approximate surface area is 173 Å². The highest BCUT2D eigenvalue weighted by molar-refractivity contribution is 7.89. The first-order chi connectivity index (χ1) is 13.3. The van der Waals surface area contributed by atoms with Crippen molar-refractivity contribution in [2.75, 3.05) is 32.7 Å². The number of sulfonamides is 1. The molecule has 1 heterocycles. The third-order valence-corrected chi connectivity index (χ3v) is 8.75. The lowest BCUT2D eigenvalue weighted by Gasteiger charge is -2.35. The highest BCUT2D eigenvalue weighted by atomic mass is 35.5. The van der Waals surface area contributed by atoms with Crippen molar-refractivity contribution in [1.82, 2.24) is 9.62 Å². The number of hydrogen-bond donors (Lipinski definition) is 2. The molecule has 28 heavy (non-hydrogen) atoms. The summed E-state index contributed by atoms with van der Waals surface area (Å²) in [7, 11) is -3.59. The van der Waals surface area contributed by atoms with E-state index in [9.17, 15) is 13.2 Å². The minimum Gasteiger partial charge on any atom is -0.348 e. The first-order valence-corrected chi connectivity index (χ1v) is 12.0. The van der Waals surface area contributed by atoms with Crippen molar-refractivity contribution in [1.29, 1.82) is 0 Å². The van der Waals surface area contributed by atoms with Crippen molar-refractivity contribution < 1.29 is 18.1 Å². The SMILES string of the molecule is C[C@H]1[C@@H](NC(=O)C[NH+]2CCN(S(=O)(=O)c3ccccc3Cl)CC2)CCC[C@@H]1C.